The van der Waals surface area contributed by atoms with Gasteiger partial charge in [0.05, 0.1) is 19.3 Å². The van der Waals surface area contributed by atoms with Gasteiger partial charge in [0.25, 0.3) is 0 Å². The average Bonchev–Trinajstić information content (AvgIpc) is 2.85. The minimum atomic E-state index is 0.0732. The highest BCUT2D eigenvalue weighted by molar-refractivity contribution is 7.09. The smallest absolute Gasteiger partial charge is 0.186 e. The van der Waals surface area contributed by atoms with Gasteiger partial charge in [0.1, 0.15) is 10.8 Å². The van der Waals surface area contributed by atoms with Crippen LogP contribution in [0.2, 0.25) is 0 Å². The lowest BCUT2D eigenvalue weighted by molar-refractivity contribution is 0.416. The molecule has 0 amide bonds. The molecule has 0 atom stereocenters. The normalized spacial score (nSPS) is 10.1. The van der Waals surface area contributed by atoms with E-state index in [1.807, 2.05) is 29.6 Å². The number of benzene rings is 1. The molecule has 0 radical (unpaired) electrons. The van der Waals surface area contributed by atoms with Crippen LogP contribution in [-0.2, 0) is 6.54 Å². The first-order valence-corrected chi connectivity index (χ1v) is 6.22. The first kappa shape index (κ1) is 12.4. The van der Waals surface area contributed by atoms with Crippen molar-refractivity contribution in [2.45, 2.75) is 6.54 Å². The van der Waals surface area contributed by atoms with E-state index in [0.717, 1.165) is 22.0 Å². The van der Waals surface area contributed by atoms with Crippen molar-refractivity contribution in [2.24, 2.45) is 16.5 Å². The molecule has 0 aliphatic heterocycles. The number of hydrogen-bond acceptors (Lipinski definition) is 4. The van der Waals surface area contributed by atoms with Crippen LogP contribution in [0.5, 0.6) is 5.75 Å². The van der Waals surface area contributed by atoms with Gasteiger partial charge in [-0.25, -0.2) is 9.98 Å². The summed E-state index contributed by atoms with van der Waals surface area (Å²) in [6.07, 6.45) is 0. The summed E-state index contributed by atoms with van der Waals surface area (Å²) in [6, 6.07) is 7.75. The molecule has 0 fully saturated rings. The van der Waals surface area contributed by atoms with Gasteiger partial charge in [-0.15, -0.1) is 11.3 Å². The van der Waals surface area contributed by atoms with Crippen molar-refractivity contribution < 1.29 is 4.74 Å². The van der Waals surface area contributed by atoms with Gasteiger partial charge in [0.15, 0.2) is 5.96 Å². The van der Waals surface area contributed by atoms with Crippen LogP contribution in [0, 0.1) is 0 Å². The molecule has 0 aliphatic carbocycles. The summed E-state index contributed by atoms with van der Waals surface area (Å²) in [5.41, 5.74) is 12.4. The molecule has 94 valence electrons. The number of aliphatic imine (C=N–C) groups is 1. The topological polar surface area (TPSA) is 86.5 Å². The van der Waals surface area contributed by atoms with Crippen LogP contribution in [-0.4, -0.2) is 18.1 Å². The van der Waals surface area contributed by atoms with Crippen LogP contribution in [0.1, 0.15) is 5.01 Å². The third kappa shape index (κ3) is 2.78. The van der Waals surface area contributed by atoms with Crippen LogP contribution in [0.15, 0.2) is 34.6 Å². The maximum atomic E-state index is 5.30. The summed E-state index contributed by atoms with van der Waals surface area (Å²) < 4.78 is 5.30. The maximum absolute atomic E-state index is 5.30. The highest BCUT2D eigenvalue weighted by atomic mass is 32.1. The Morgan fingerprint density at radius 1 is 1.39 bits per heavy atom. The summed E-state index contributed by atoms with van der Waals surface area (Å²) in [4.78, 5) is 8.41. The number of nitrogens with two attached hydrogens (primary N) is 2. The number of ether oxygens (including phenoxy) is 1. The molecule has 0 spiro atoms. The molecule has 2 rings (SSSR count). The van der Waals surface area contributed by atoms with E-state index >= 15 is 0 Å². The van der Waals surface area contributed by atoms with E-state index in [0.29, 0.717) is 6.54 Å². The minimum absolute atomic E-state index is 0.0732. The van der Waals surface area contributed by atoms with E-state index in [1.54, 1.807) is 7.11 Å². The molecule has 0 unspecified atom stereocenters. The molecule has 0 bridgehead atoms. The van der Waals surface area contributed by atoms with Crippen LogP contribution >= 0.6 is 11.3 Å². The zero-order valence-electron chi connectivity index (χ0n) is 9.96. The predicted octanol–water partition coefficient (Wildman–Crippen LogP) is 1.59. The summed E-state index contributed by atoms with van der Waals surface area (Å²) in [6.45, 7) is 0.405. The second kappa shape index (κ2) is 5.50. The van der Waals surface area contributed by atoms with Crippen molar-refractivity contribution in [2.75, 3.05) is 7.11 Å². The quantitative estimate of drug-likeness (QED) is 0.647. The number of rotatable bonds is 4. The van der Waals surface area contributed by atoms with E-state index in [4.69, 9.17) is 16.2 Å². The SMILES string of the molecule is COc1ccccc1-c1csc(CN=C(N)N)n1. The van der Waals surface area contributed by atoms with Crippen LogP contribution < -0.4 is 16.2 Å². The third-order valence-corrected chi connectivity index (χ3v) is 3.17. The molecule has 6 heteroatoms. The van der Waals surface area contributed by atoms with Crippen molar-refractivity contribution >= 4 is 17.3 Å². The number of methoxy groups -OCH3 is 1. The molecular weight excluding hydrogens is 248 g/mol. The molecule has 0 saturated carbocycles. The van der Waals surface area contributed by atoms with Crippen LogP contribution in [0.4, 0.5) is 0 Å². The van der Waals surface area contributed by atoms with Gasteiger partial charge in [-0.05, 0) is 12.1 Å². The Morgan fingerprint density at radius 3 is 2.89 bits per heavy atom. The molecule has 1 aromatic carbocycles. The Morgan fingerprint density at radius 2 is 2.17 bits per heavy atom. The Hall–Kier alpha value is -2.08. The van der Waals surface area contributed by atoms with Crippen molar-refractivity contribution in [3.05, 3.63) is 34.7 Å². The van der Waals surface area contributed by atoms with E-state index in [9.17, 15) is 0 Å². The Bertz CT molecular complexity index is 561. The lowest BCUT2D eigenvalue weighted by Crippen LogP contribution is -2.22. The highest BCUT2D eigenvalue weighted by Crippen LogP contribution is 2.30. The fourth-order valence-corrected chi connectivity index (χ4v) is 2.24. The second-order valence-electron chi connectivity index (χ2n) is 3.57. The fourth-order valence-electron chi connectivity index (χ4n) is 1.52. The molecule has 4 N–H and O–H groups in total. The molecule has 18 heavy (non-hydrogen) atoms. The van der Waals surface area contributed by atoms with Gasteiger partial charge in [0, 0.05) is 10.9 Å². The number of para-hydroxylation sites is 1. The number of guanidine groups is 1. The Balaban J connectivity index is 2.26. The van der Waals surface area contributed by atoms with Crippen molar-refractivity contribution in [1.82, 2.24) is 4.98 Å². The Labute approximate surface area is 109 Å². The minimum Gasteiger partial charge on any atom is -0.496 e. The number of nitrogens with zero attached hydrogens (tertiary/aromatic N) is 2. The fraction of sp³-hybridized carbons (Fsp3) is 0.167. The van der Waals surface area contributed by atoms with Crippen molar-refractivity contribution in [1.29, 1.82) is 0 Å². The number of hydrogen-bond donors (Lipinski definition) is 2. The van der Waals surface area contributed by atoms with Gasteiger partial charge in [0.2, 0.25) is 0 Å². The molecular formula is C12H14N4OS. The van der Waals surface area contributed by atoms with Crippen LogP contribution in [0.3, 0.4) is 0 Å². The van der Waals surface area contributed by atoms with E-state index in [2.05, 4.69) is 9.98 Å². The summed E-state index contributed by atoms with van der Waals surface area (Å²) in [5, 5.41) is 2.83. The molecule has 5 nitrogen and oxygen atoms in total. The number of thiazole rings is 1. The molecule has 1 aromatic heterocycles. The standard InChI is InChI=1S/C12H14N4OS/c1-17-10-5-3-2-4-8(10)9-7-18-11(16-9)6-15-12(13)14/h2-5,7H,6H2,1H3,(H4,13,14,15). The second-order valence-corrected chi connectivity index (χ2v) is 4.51. The molecule has 2 aromatic rings. The predicted molar refractivity (Wildman–Crippen MR) is 73.6 cm³/mol. The highest BCUT2D eigenvalue weighted by Gasteiger charge is 2.08. The average molecular weight is 262 g/mol. The summed E-state index contributed by atoms with van der Waals surface area (Å²) in [5.74, 6) is 0.875. The van der Waals surface area contributed by atoms with Crippen molar-refractivity contribution in [3.8, 4) is 17.0 Å². The zero-order valence-corrected chi connectivity index (χ0v) is 10.8. The van der Waals surface area contributed by atoms with Gasteiger partial charge in [-0.3, -0.25) is 0 Å². The zero-order chi connectivity index (χ0) is 13.0. The monoisotopic (exact) mass is 262 g/mol. The first-order valence-electron chi connectivity index (χ1n) is 5.34. The van der Waals surface area contributed by atoms with Crippen LogP contribution in [0.25, 0.3) is 11.3 Å². The van der Waals surface area contributed by atoms with Crippen molar-refractivity contribution in [3.63, 3.8) is 0 Å². The number of aromatic nitrogens is 1. The lowest BCUT2D eigenvalue weighted by atomic mass is 10.1. The molecule has 0 saturated heterocycles. The van der Waals surface area contributed by atoms with E-state index < -0.39 is 0 Å². The van der Waals surface area contributed by atoms with E-state index in [-0.39, 0.29) is 5.96 Å². The maximum Gasteiger partial charge on any atom is 0.186 e. The summed E-state index contributed by atoms with van der Waals surface area (Å²) in [7, 11) is 1.64. The largest absolute Gasteiger partial charge is 0.496 e. The Kier molecular flexibility index (Phi) is 3.78. The summed E-state index contributed by atoms with van der Waals surface area (Å²) >= 11 is 1.52. The lowest BCUT2D eigenvalue weighted by Gasteiger charge is -2.04. The third-order valence-electron chi connectivity index (χ3n) is 2.33. The van der Waals surface area contributed by atoms with Gasteiger partial charge in [-0.2, -0.15) is 0 Å². The molecule has 1 heterocycles. The molecule has 0 aliphatic rings. The van der Waals surface area contributed by atoms with Gasteiger partial charge < -0.3 is 16.2 Å². The first-order chi connectivity index (χ1) is 8.70. The van der Waals surface area contributed by atoms with Gasteiger partial charge in [-0.1, -0.05) is 12.1 Å². The van der Waals surface area contributed by atoms with E-state index in [1.165, 1.54) is 11.3 Å². The van der Waals surface area contributed by atoms with Gasteiger partial charge >= 0.3 is 0 Å².